The minimum Gasteiger partial charge on any atom is -0.342 e. The van der Waals surface area contributed by atoms with E-state index in [0.717, 1.165) is 17.7 Å². The number of pyridine rings is 1. The summed E-state index contributed by atoms with van der Waals surface area (Å²) >= 11 is 0. The zero-order valence-electron chi connectivity index (χ0n) is 13.5. The molecule has 0 aliphatic carbocycles. The Bertz CT molecular complexity index is 819. The molecule has 1 amide bonds. The molecule has 0 atom stereocenters. The van der Waals surface area contributed by atoms with Crippen LogP contribution in [0.2, 0.25) is 0 Å². The molecule has 3 heteroatoms. The molecule has 0 saturated heterocycles. The first kappa shape index (κ1) is 15.2. The molecule has 0 saturated carbocycles. The first-order valence-electron chi connectivity index (χ1n) is 7.75. The number of carbonyl (C=O) groups is 1. The van der Waals surface area contributed by atoms with Crippen LogP contribution < -0.4 is 0 Å². The second kappa shape index (κ2) is 6.61. The third-order valence-corrected chi connectivity index (χ3v) is 4.11. The average molecular weight is 304 g/mol. The Balaban J connectivity index is 1.79. The summed E-state index contributed by atoms with van der Waals surface area (Å²) in [5.74, 6) is 0.0778. The number of benzene rings is 2. The highest BCUT2D eigenvalue weighted by Crippen LogP contribution is 2.19. The van der Waals surface area contributed by atoms with Crippen LogP contribution in [0, 0.1) is 0 Å². The van der Waals surface area contributed by atoms with Crippen molar-refractivity contribution in [2.75, 3.05) is 7.05 Å². The quantitative estimate of drug-likeness (QED) is 0.734. The number of hydrogen-bond donors (Lipinski definition) is 0. The van der Waals surface area contributed by atoms with Crippen molar-refractivity contribution >= 4 is 16.7 Å². The van der Waals surface area contributed by atoms with Gasteiger partial charge in [-0.15, -0.1) is 0 Å². The fourth-order valence-corrected chi connectivity index (χ4v) is 2.66. The largest absolute Gasteiger partial charge is 0.342 e. The number of nitrogens with zero attached hydrogens (tertiary/aromatic N) is 2. The van der Waals surface area contributed by atoms with E-state index in [2.05, 4.69) is 41.4 Å². The molecule has 0 aliphatic heterocycles. The molecule has 0 radical (unpaired) electrons. The topological polar surface area (TPSA) is 33.2 Å². The van der Waals surface area contributed by atoms with Gasteiger partial charge in [-0.05, 0) is 22.6 Å². The monoisotopic (exact) mass is 304 g/mol. The van der Waals surface area contributed by atoms with Crippen LogP contribution in [0.5, 0.6) is 0 Å². The SMILES string of the molecule is CC(=O)N(C)Cc1ccc(Cc2nccc3ccccc23)cc1. The molecule has 3 rings (SSSR count). The van der Waals surface area contributed by atoms with E-state index >= 15 is 0 Å². The van der Waals surface area contributed by atoms with Gasteiger partial charge in [-0.1, -0.05) is 48.5 Å². The van der Waals surface area contributed by atoms with Crippen molar-refractivity contribution in [1.29, 1.82) is 0 Å². The molecular weight excluding hydrogens is 284 g/mol. The van der Waals surface area contributed by atoms with E-state index in [1.807, 2.05) is 31.4 Å². The van der Waals surface area contributed by atoms with Gasteiger partial charge in [0.25, 0.3) is 0 Å². The first-order valence-corrected chi connectivity index (χ1v) is 7.75. The zero-order valence-corrected chi connectivity index (χ0v) is 13.5. The first-order chi connectivity index (χ1) is 11.1. The maximum atomic E-state index is 11.3. The molecule has 0 fully saturated rings. The minimum atomic E-state index is 0.0778. The number of carbonyl (C=O) groups excluding carboxylic acids is 1. The predicted octanol–water partition coefficient (Wildman–Crippen LogP) is 3.80. The lowest BCUT2D eigenvalue weighted by Crippen LogP contribution is -2.22. The second-order valence-electron chi connectivity index (χ2n) is 5.85. The molecule has 116 valence electrons. The molecule has 0 spiro atoms. The average Bonchev–Trinajstić information content (AvgIpc) is 2.57. The minimum absolute atomic E-state index is 0.0778. The van der Waals surface area contributed by atoms with Crippen molar-refractivity contribution in [3.8, 4) is 0 Å². The lowest BCUT2D eigenvalue weighted by Gasteiger charge is -2.15. The maximum absolute atomic E-state index is 11.3. The molecule has 1 aromatic heterocycles. The molecule has 3 aromatic rings. The second-order valence-corrected chi connectivity index (χ2v) is 5.85. The van der Waals surface area contributed by atoms with Gasteiger partial charge < -0.3 is 4.90 Å². The van der Waals surface area contributed by atoms with Crippen LogP contribution in [0.4, 0.5) is 0 Å². The van der Waals surface area contributed by atoms with E-state index in [9.17, 15) is 4.79 Å². The smallest absolute Gasteiger partial charge is 0.219 e. The summed E-state index contributed by atoms with van der Waals surface area (Å²) in [6, 6.07) is 18.8. The number of aromatic nitrogens is 1. The van der Waals surface area contributed by atoms with Crippen LogP contribution in [0.3, 0.4) is 0 Å². The third-order valence-electron chi connectivity index (χ3n) is 4.11. The van der Waals surface area contributed by atoms with E-state index < -0.39 is 0 Å². The molecule has 0 unspecified atom stereocenters. The molecule has 0 aliphatic rings. The van der Waals surface area contributed by atoms with Gasteiger partial charge in [0.05, 0.1) is 5.69 Å². The van der Waals surface area contributed by atoms with Crippen LogP contribution in [0.15, 0.2) is 60.8 Å². The van der Waals surface area contributed by atoms with Crippen molar-refractivity contribution < 1.29 is 4.79 Å². The highest BCUT2D eigenvalue weighted by molar-refractivity contribution is 5.84. The van der Waals surface area contributed by atoms with Crippen molar-refractivity contribution in [2.24, 2.45) is 0 Å². The summed E-state index contributed by atoms with van der Waals surface area (Å²) < 4.78 is 0. The summed E-state index contributed by atoms with van der Waals surface area (Å²) in [5, 5.41) is 2.42. The summed E-state index contributed by atoms with van der Waals surface area (Å²) in [7, 11) is 1.82. The Morgan fingerprint density at radius 2 is 1.70 bits per heavy atom. The lowest BCUT2D eigenvalue weighted by atomic mass is 10.0. The highest BCUT2D eigenvalue weighted by Gasteiger charge is 2.05. The summed E-state index contributed by atoms with van der Waals surface area (Å²) in [4.78, 5) is 17.6. The van der Waals surface area contributed by atoms with E-state index in [1.54, 1.807) is 11.8 Å². The van der Waals surface area contributed by atoms with Crippen LogP contribution in [-0.4, -0.2) is 22.8 Å². The van der Waals surface area contributed by atoms with Crippen molar-refractivity contribution in [3.63, 3.8) is 0 Å². The fourth-order valence-electron chi connectivity index (χ4n) is 2.66. The molecule has 2 aromatic carbocycles. The Hall–Kier alpha value is -2.68. The number of amides is 1. The van der Waals surface area contributed by atoms with Gasteiger partial charge in [0, 0.05) is 38.5 Å². The van der Waals surface area contributed by atoms with Crippen LogP contribution >= 0.6 is 0 Å². The van der Waals surface area contributed by atoms with Gasteiger partial charge in [0.1, 0.15) is 0 Å². The Labute approximate surface area is 136 Å². The maximum Gasteiger partial charge on any atom is 0.219 e. The standard InChI is InChI=1S/C20H20N2O/c1-15(23)22(2)14-17-9-7-16(8-10-17)13-20-19-6-4-3-5-18(19)11-12-21-20/h3-12H,13-14H2,1-2H3. The normalized spacial score (nSPS) is 10.7. The fraction of sp³-hybridized carbons (Fsp3) is 0.200. The molecule has 0 N–H and O–H groups in total. The van der Waals surface area contributed by atoms with Gasteiger partial charge in [-0.3, -0.25) is 9.78 Å². The van der Waals surface area contributed by atoms with Crippen molar-refractivity contribution in [3.05, 3.63) is 77.6 Å². The van der Waals surface area contributed by atoms with E-state index in [1.165, 1.54) is 16.3 Å². The highest BCUT2D eigenvalue weighted by atomic mass is 16.2. The summed E-state index contributed by atoms with van der Waals surface area (Å²) in [5.41, 5.74) is 3.46. The Morgan fingerprint density at radius 1 is 1.00 bits per heavy atom. The number of hydrogen-bond acceptors (Lipinski definition) is 2. The predicted molar refractivity (Wildman–Crippen MR) is 93.1 cm³/mol. The van der Waals surface area contributed by atoms with Gasteiger partial charge in [0.15, 0.2) is 0 Å². The Kier molecular flexibility index (Phi) is 4.38. The zero-order chi connectivity index (χ0) is 16.2. The van der Waals surface area contributed by atoms with E-state index in [0.29, 0.717) is 6.54 Å². The lowest BCUT2D eigenvalue weighted by molar-refractivity contribution is -0.128. The van der Waals surface area contributed by atoms with Gasteiger partial charge in [-0.25, -0.2) is 0 Å². The number of rotatable bonds is 4. The summed E-state index contributed by atoms with van der Waals surface area (Å²) in [6.45, 7) is 2.22. The van der Waals surface area contributed by atoms with Crippen molar-refractivity contribution in [1.82, 2.24) is 9.88 Å². The molecular formula is C20H20N2O. The van der Waals surface area contributed by atoms with Crippen LogP contribution in [-0.2, 0) is 17.8 Å². The van der Waals surface area contributed by atoms with Crippen LogP contribution in [0.1, 0.15) is 23.7 Å². The Morgan fingerprint density at radius 3 is 2.43 bits per heavy atom. The van der Waals surface area contributed by atoms with E-state index in [-0.39, 0.29) is 5.91 Å². The summed E-state index contributed by atoms with van der Waals surface area (Å²) in [6.07, 6.45) is 2.68. The molecule has 1 heterocycles. The number of fused-ring (bicyclic) bond motifs is 1. The molecule has 3 nitrogen and oxygen atoms in total. The van der Waals surface area contributed by atoms with Crippen molar-refractivity contribution in [2.45, 2.75) is 19.9 Å². The van der Waals surface area contributed by atoms with Gasteiger partial charge in [0.2, 0.25) is 5.91 Å². The van der Waals surface area contributed by atoms with E-state index in [4.69, 9.17) is 0 Å². The molecule has 0 bridgehead atoms. The third kappa shape index (κ3) is 3.57. The van der Waals surface area contributed by atoms with Gasteiger partial charge in [-0.2, -0.15) is 0 Å². The molecule has 23 heavy (non-hydrogen) atoms. The van der Waals surface area contributed by atoms with Crippen LogP contribution in [0.25, 0.3) is 10.8 Å². The van der Waals surface area contributed by atoms with Gasteiger partial charge >= 0.3 is 0 Å².